The Hall–Kier alpha value is -4.38. The normalized spacial score (nSPS) is 19.2. The Morgan fingerprint density at radius 3 is 2.22 bits per heavy atom. The molecule has 0 bridgehead atoms. The average Bonchev–Trinajstić information content (AvgIpc) is 3.55. The van der Waals surface area contributed by atoms with Crippen LogP contribution in [-0.4, -0.2) is 29.9 Å². The number of hydrogen-bond donors (Lipinski definition) is 1. The molecular formula is C32H28N2O3. The summed E-state index contributed by atoms with van der Waals surface area (Å²) >= 11 is 0. The average molecular weight is 489 g/mol. The smallest absolute Gasteiger partial charge is 0.300 e. The number of carbonyl (C=O) groups excluding carboxylic acids is 2. The quantitative estimate of drug-likeness (QED) is 0.206. The third kappa shape index (κ3) is 4.06. The molecule has 6 rings (SSSR count). The first kappa shape index (κ1) is 23.0. The number of aryl methyl sites for hydroxylation is 1. The first-order chi connectivity index (χ1) is 18.0. The van der Waals surface area contributed by atoms with Crippen molar-refractivity contribution in [2.45, 2.75) is 25.8 Å². The topological polar surface area (TPSA) is 60.9 Å². The number of amides is 1. The fraction of sp³-hybridized carbons (Fsp3) is 0.188. The molecule has 2 heterocycles. The van der Waals surface area contributed by atoms with Crippen molar-refractivity contribution >= 4 is 39.6 Å². The SMILES string of the molecule is Cc1cccc(C2/C(=C(/O)c3ccc4ccccc4c3)C(=O)C(=O)N2c2ccc(N3CCCC3)cc2)c1. The number of hydrogen-bond acceptors (Lipinski definition) is 4. The van der Waals surface area contributed by atoms with Gasteiger partial charge in [-0.1, -0.05) is 66.2 Å². The van der Waals surface area contributed by atoms with Gasteiger partial charge in [-0.25, -0.2) is 0 Å². The summed E-state index contributed by atoms with van der Waals surface area (Å²) in [5.41, 5.74) is 4.16. The molecule has 2 fully saturated rings. The van der Waals surface area contributed by atoms with Crippen LogP contribution in [0.5, 0.6) is 0 Å². The molecule has 37 heavy (non-hydrogen) atoms. The van der Waals surface area contributed by atoms with E-state index < -0.39 is 17.7 Å². The maximum atomic E-state index is 13.5. The summed E-state index contributed by atoms with van der Waals surface area (Å²) in [4.78, 5) is 30.8. The molecule has 0 aromatic heterocycles. The lowest BCUT2D eigenvalue weighted by atomic mass is 9.93. The molecule has 5 nitrogen and oxygen atoms in total. The number of rotatable bonds is 4. The second-order valence-corrected chi connectivity index (χ2v) is 9.86. The zero-order valence-corrected chi connectivity index (χ0v) is 20.7. The Kier molecular flexibility index (Phi) is 5.76. The van der Waals surface area contributed by atoms with Crippen LogP contribution in [0.25, 0.3) is 16.5 Å². The number of ketones is 1. The number of aliphatic hydroxyl groups excluding tert-OH is 1. The summed E-state index contributed by atoms with van der Waals surface area (Å²) in [7, 11) is 0. The minimum absolute atomic E-state index is 0.106. The van der Waals surface area contributed by atoms with E-state index in [1.165, 1.54) is 17.7 Å². The van der Waals surface area contributed by atoms with Crippen LogP contribution in [0.4, 0.5) is 11.4 Å². The summed E-state index contributed by atoms with van der Waals surface area (Å²) in [5, 5.41) is 13.5. The van der Waals surface area contributed by atoms with Crippen LogP contribution in [0.1, 0.15) is 35.6 Å². The van der Waals surface area contributed by atoms with E-state index in [0.717, 1.165) is 40.7 Å². The molecule has 2 aliphatic heterocycles. The molecule has 1 atom stereocenters. The number of benzene rings is 4. The molecule has 0 aliphatic carbocycles. The van der Waals surface area contributed by atoms with Crippen molar-refractivity contribution in [3.8, 4) is 0 Å². The van der Waals surface area contributed by atoms with Crippen molar-refractivity contribution in [1.82, 2.24) is 0 Å². The molecule has 0 spiro atoms. The van der Waals surface area contributed by atoms with Gasteiger partial charge in [0.05, 0.1) is 11.6 Å². The van der Waals surface area contributed by atoms with Crippen LogP contribution >= 0.6 is 0 Å². The molecule has 2 aliphatic rings. The van der Waals surface area contributed by atoms with E-state index >= 15 is 0 Å². The van der Waals surface area contributed by atoms with E-state index in [-0.39, 0.29) is 11.3 Å². The highest BCUT2D eigenvalue weighted by Crippen LogP contribution is 2.43. The van der Waals surface area contributed by atoms with Gasteiger partial charge in [0.1, 0.15) is 5.76 Å². The molecule has 2 saturated heterocycles. The van der Waals surface area contributed by atoms with Gasteiger partial charge in [0.15, 0.2) is 0 Å². The number of fused-ring (bicyclic) bond motifs is 1. The molecule has 1 N–H and O–H groups in total. The summed E-state index contributed by atoms with van der Waals surface area (Å²) < 4.78 is 0. The monoisotopic (exact) mass is 488 g/mol. The molecule has 0 radical (unpaired) electrons. The Morgan fingerprint density at radius 1 is 0.784 bits per heavy atom. The van der Waals surface area contributed by atoms with Gasteiger partial charge in [-0.3, -0.25) is 14.5 Å². The standard InChI is InChI=1S/C32H28N2O3/c1-21-7-6-10-24(19-21)29-28(30(35)25-12-11-22-8-2-3-9-23(22)20-25)31(36)32(37)34(29)27-15-13-26(14-16-27)33-17-4-5-18-33/h2-3,6-16,19-20,29,35H,4-5,17-18H2,1H3/b30-28-. The maximum Gasteiger partial charge on any atom is 0.300 e. The van der Waals surface area contributed by atoms with E-state index in [2.05, 4.69) is 4.90 Å². The van der Waals surface area contributed by atoms with E-state index in [1.54, 1.807) is 6.07 Å². The number of anilines is 2. The van der Waals surface area contributed by atoms with Gasteiger partial charge in [0, 0.05) is 30.0 Å². The Bertz CT molecular complexity index is 1550. The van der Waals surface area contributed by atoms with Crippen molar-refractivity contribution in [2.75, 3.05) is 22.9 Å². The predicted molar refractivity (Wildman–Crippen MR) is 148 cm³/mol. The van der Waals surface area contributed by atoms with Crippen molar-refractivity contribution in [1.29, 1.82) is 0 Å². The van der Waals surface area contributed by atoms with E-state index in [1.807, 2.05) is 91.9 Å². The first-order valence-corrected chi connectivity index (χ1v) is 12.7. The highest BCUT2D eigenvalue weighted by molar-refractivity contribution is 6.51. The fourth-order valence-electron chi connectivity index (χ4n) is 5.55. The molecule has 4 aromatic carbocycles. The molecule has 0 saturated carbocycles. The van der Waals surface area contributed by atoms with Crippen molar-refractivity contribution < 1.29 is 14.7 Å². The van der Waals surface area contributed by atoms with Crippen molar-refractivity contribution in [3.63, 3.8) is 0 Å². The summed E-state index contributed by atoms with van der Waals surface area (Å²) in [6.07, 6.45) is 2.36. The maximum absolute atomic E-state index is 13.5. The second-order valence-electron chi connectivity index (χ2n) is 9.86. The van der Waals surface area contributed by atoms with Crippen LogP contribution in [0.2, 0.25) is 0 Å². The molecule has 5 heteroatoms. The number of carbonyl (C=O) groups is 2. The summed E-state index contributed by atoms with van der Waals surface area (Å²) in [6, 6.07) is 28.3. The van der Waals surface area contributed by atoms with Crippen molar-refractivity contribution in [2.24, 2.45) is 0 Å². The molecule has 4 aromatic rings. The number of aliphatic hydroxyl groups is 1. The lowest BCUT2D eigenvalue weighted by molar-refractivity contribution is -0.132. The third-order valence-corrected chi connectivity index (χ3v) is 7.42. The van der Waals surface area contributed by atoms with E-state index in [9.17, 15) is 14.7 Å². The lowest BCUT2D eigenvalue weighted by Gasteiger charge is -2.26. The minimum Gasteiger partial charge on any atom is -0.507 e. The largest absolute Gasteiger partial charge is 0.507 e. The van der Waals surface area contributed by atoms with Gasteiger partial charge in [-0.2, -0.15) is 0 Å². The number of Topliss-reactive ketones (excluding diaryl/α,β-unsaturated/α-hetero) is 1. The van der Waals surface area contributed by atoms with Crippen LogP contribution in [0.15, 0.2) is 96.6 Å². The molecular weight excluding hydrogens is 460 g/mol. The predicted octanol–water partition coefficient (Wildman–Crippen LogP) is 6.37. The third-order valence-electron chi connectivity index (χ3n) is 7.42. The Balaban J connectivity index is 1.49. The van der Waals surface area contributed by atoms with Gasteiger partial charge in [0.25, 0.3) is 11.7 Å². The highest BCUT2D eigenvalue weighted by Gasteiger charge is 2.47. The zero-order chi connectivity index (χ0) is 25.5. The molecule has 1 amide bonds. The second kappa shape index (κ2) is 9.25. The molecule has 184 valence electrons. The van der Waals surface area contributed by atoms with Crippen LogP contribution in [-0.2, 0) is 9.59 Å². The Labute approximate surface area is 216 Å². The van der Waals surface area contributed by atoms with E-state index in [0.29, 0.717) is 11.3 Å². The van der Waals surface area contributed by atoms with Gasteiger partial charge in [-0.15, -0.1) is 0 Å². The van der Waals surface area contributed by atoms with Gasteiger partial charge in [0.2, 0.25) is 0 Å². The lowest BCUT2D eigenvalue weighted by Crippen LogP contribution is -2.29. The van der Waals surface area contributed by atoms with Crippen LogP contribution < -0.4 is 9.80 Å². The summed E-state index contributed by atoms with van der Waals surface area (Å²) in [5.74, 6) is -1.48. The first-order valence-electron chi connectivity index (χ1n) is 12.7. The van der Waals surface area contributed by atoms with Gasteiger partial charge < -0.3 is 10.0 Å². The van der Waals surface area contributed by atoms with Crippen LogP contribution in [0, 0.1) is 6.92 Å². The fourth-order valence-corrected chi connectivity index (χ4v) is 5.55. The van der Waals surface area contributed by atoms with Crippen molar-refractivity contribution in [3.05, 3.63) is 113 Å². The zero-order valence-electron chi connectivity index (χ0n) is 20.7. The highest BCUT2D eigenvalue weighted by atomic mass is 16.3. The number of nitrogens with zero attached hydrogens (tertiary/aromatic N) is 2. The molecule has 1 unspecified atom stereocenters. The van der Waals surface area contributed by atoms with Gasteiger partial charge >= 0.3 is 0 Å². The Morgan fingerprint density at radius 2 is 1.49 bits per heavy atom. The summed E-state index contributed by atoms with van der Waals surface area (Å²) in [6.45, 7) is 4.03. The van der Waals surface area contributed by atoms with Crippen LogP contribution in [0.3, 0.4) is 0 Å². The van der Waals surface area contributed by atoms with E-state index in [4.69, 9.17) is 0 Å². The van der Waals surface area contributed by atoms with Gasteiger partial charge in [-0.05, 0) is 66.4 Å². The minimum atomic E-state index is -0.732.